The van der Waals surface area contributed by atoms with Gasteiger partial charge in [0.05, 0.1) is 13.2 Å². The van der Waals surface area contributed by atoms with Gasteiger partial charge in [-0.05, 0) is 0 Å². The molecule has 0 radical (unpaired) electrons. The summed E-state index contributed by atoms with van der Waals surface area (Å²) in [6.45, 7) is 4.03. The van der Waals surface area contributed by atoms with Crippen LogP contribution in [0, 0.1) is 12.8 Å². The lowest BCUT2D eigenvalue weighted by molar-refractivity contribution is 0.0880. The maximum absolute atomic E-state index is 10.8. The Hall–Kier alpha value is -1.46. The summed E-state index contributed by atoms with van der Waals surface area (Å²) in [5, 5.41) is 4.64. The van der Waals surface area contributed by atoms with E-state index in [2.05, 4.69) is 17.6 Å². The van der Waals surface area contributed by atoms with Crippen molar-refractivity contribution in [3.63, 3.8) is 0 Å². The quantitative estimate of drug-likeness (QED) is 0.659. The van der Waals surface area contributed by atoms with Gasteiger partial charge in [0.2, 0.25) is 0 Å². The lowest BCUT2D eigenvalue weighted by Gasteiger charge is -2.17. The number of amides is 2. The Kier molecular flexibility index (Phi) is 7.13. The van der Waals surface area contributed by atoms with Gasteiger partial charge in [0.1, 0.15) is 0 Å². The molecule has 0 saturated carbocycles. The lowest BCUT2D eigenvalue weighted by Crippen LogP contribution is -2.27. The number of carbonyl (C=O) groups is 2. The Balaban J connectivity index is 3.73. The summed E-state index contributed by atoms with van der Waals surface area (Å²) in [4.78, 5) is 21.5. The van der Waals surface area contributed by atoms with Crippen LogP contribution in [0.25, 0.3) is 0 Å². The predicted octanol–water partition coefficient (Wildman–Crippen LogP) is 0.539. The van der Waals surface area contributed by atoms with Crippen LogP contribution >= 0.6 is 0 Å². The zero-order valence-corrected chi connectivity index (χ0v) is 9.04. The van der Waals surface area contributed by atoms with E-state index in [1.807, 2.05) is 0 Å². The van der Waals surface area contributed by atoms with Crippen LogP contribution in [0.1, 0.15) is 6.42 Å². The second-order valence-corrected chi connectivity index (χ2v) is 2.85. The molecule has 88 valence electrons. The van der Waals surface area contributed by atoms with Crippen molar-refractivity contribution in [1.82, 2.24) is 10.6 Å². The van der Waals surface area contributed by atoms with E-state index < -0.39 is 12.2 Å². The number of ether oxygens (including phenoxy) is 2. The molecule has 0 rings (SSSR count). The fourth-order valence-electron chi connectivity index (χ4n) is 0.746. The van der Waals surface area contributed by atoms with Crippen LogP contribution in [0.5, 0.6) is 0 Å². The summed E-state index contributed by atoms with van der Waals surface area (Å²) in [6.07, 6.45) is -0.490. The summed E-state index contributed by atoms with van der Waals surface area (Å²) in [5.74, 6) is -0.0837. The molecule has 0 aromatic heterocycles. The number of alkyl carbamates (subject to hydrolysis) is 2. The fourth-order valence-corrected chi connectivity index (χ4v) is 0.746. The molecule has 0 unspecified atom stereocenters. The molecule has 6 nitrogen and oxygen atoms in total. The van der Waals surface area contributed by atoms with Crippen LogP contribution in [-0.2, 0) is 9.47 Å². The van der Waals surface area contributed by atoms with E-state index in [0.29, 0.717) is 6.42 Å². The van der Waals surface area contributed by atoms with Crippen LogP contribution in [0.3, 0.4) is 0 Å². The summed E-state index contributed by atoms with van der Waals surface area (Å²) in [6, 6.07) is 0. The second-order valence-electron chi connectivity index (χ2n) is 2.85. The summed E-state index contributed by atoms with van der Waals surface area (Å²) < 4.78 is 9.62. The van der Waals surface area contributed by atoms with Crippen LogP contribution in [0.2, 0.25) is 0 Å². The van der Waals surface area contributed by atoms with Crippen LogP contribution < -0.4 is 10.6 Å². The highest BCUT2D eigenvalue weighted by molar-refractivity contribution is 5.67. The van der Waals surface area contributed by atoms with E-state index in [1.165, 1.54) is 14.1 Å². The minimum atomic E-state index is -0.506. The van der Waals surface area contributed by atoms with Gasteiger partial charge in [0, 0.05) is 20.0 Å². The third kappa shape index (κ3) is 6.59. The van der Waals surface area contributed by atoms with Crippen molar-refractivity contribution >= 4 is 12.2 Å². The molecular weight excluding hydrogens is 200 g/mol. The molecule has 0 aromatic rings. The largest absolute Gasteiger partial charge is 0.449 e. The highest BCUT2D eigenvalue weighted by Crippen LogP contribution is 2.03. The average Bonchev–Trinajstić information content (AvgIpc) is 2.28. The minimum Gasteiger partial charge on any atom is -0.449 e. The number of hydrogen-bond acceptors (Lipinski definition) is 4. The molecule has 0 aliphatic carbocycles. The van der Waals surface area contributed by atoms with Crippen LogP contribution in [0.15, 0.2) is 0 Å². The highest BCUT2D eigenvalue weighted by atomic mass is 16.6. The molecule has 0 heterocycles. The highest BCUT2D eigenvalue weighted by Gasteiger charge is 2.09. The molecule has 0 aromatic carbocycles. The summed E-state index contributed by atoms with van der Waals surface area (Å²) >= 11 is 0. The zero-order chi connectivity index (χ0) is 11.7. The maximum Gasteiger partial charge on any atom is 0.406 e. The molecule has 0 saturated heterocycles. The van der Waals surface area contributed by atoms with E-state index in [-0.39, 0.29) is 19.1 Å². The van der Waals surface area contributed by atoms with E-state index in [9.17, 15) is 9.59 Å². The second kappa shape index (κ2) is 7.90. The van der Waals surface area contributed by atoms with Gasteiger partial charge in [0.15, 0.2) is 0 Å². The van der Waals surface area contributed by atoms with E-state index in [0.717, 1.165) is 0 Å². The van der Waals surface area contributed by atoms with E-state index in [4.69, 9.17) is 9.47 Å². The molecule has 0 atom stereocenters. The van der Waals surface area contributed by atoms with Crippen molar-refractivity contribution < 1.29 is 19.1 Å². The Morgan fingerprint density at radius 2 is 1.53 bits per heavy atom. The standard InChI is InChI=1S/C9H17N2O4/c1-4-7(5-14-8(12)10-2)6-15-9(13)11-3/h7H,1,4-6H2,2-3H3,(H,10,12)(H,11,13)/q-1. The number of hydrogen-bond donors (Lipinski definition) is 2. The minimum absolute atomic E-state index is 0.0837. The first-order valence-corrected chi connectivity index (χ1v) is 4.62. The van der Waals surface area contributed by atoms with Crippen molar-refractivity contribution in [2.45, 2.75) is 6.42 Å². The van der Waals surface area contributed by atoms with Gasteiger partial charge in [0.25, 0.3) is 0 Å². The molecule has 0 aliphatic rings. The molecule has 0 aliphatic heterocycles. The molecular formula is C9H17N2O4-. The Bertz CT molecular complexity index is 188. The van der Waals surface area contributed by atoms with Gasteiger partial charge in [-0.1, -0.05) is 0 Å². The number of carbonyl (C=O) groups excluding carboxylic acids is 2. The molecule has 2 N–H and O–H groups in total. The zero-order valence-electron chi connectivity index (χ0n) is 9.04. The smallest absolute Gasteiger partial charge is 0.406 e. The summed E-state index contributed by atoms with van der Waals surface area (Å²) in [7, 11) is 2.95. The van der Waals surface area contributed by atoms with E-state index in [1.54, 1.807) is 0 Å². The SMILES string of the molecule is [CH2-]CC(COC(=O)NC)COC(=O)NC. The van der Waals surface area contributed by atoms with Crippen molar-refractivity contribution in [2.75, 3.05) is 27.3 Å². The van der Waals surface area contributed by atoms with Crippen molar-refractivity contribution in [3.8, 4) is 0 Å². The van der Waals surface area contributed by atoms with Crippen molar-refractivity contribution in [1.29, 1.82) is 0 Å². The van der Waals surface area contributed by atoms with Gasteiger partial charge in [-0.25, -0.2) is 9.59 Å². The van der Waals surface area contributed by atoms with E-state index >= 15 is 0 Å². The van der Waals surface area contributed by atoms with Gasteiger partial charge < -0.3 is 27.0 Å². The normalized spacial score (nSPS) is 9.60. The average molecular weight is 217 g/mol. The lowest BCUT2D eigenvalue weighted by atomic mass is 10.1. The first-order valence-electron chi connectivity index (χ1n) is 4.62. The number of nitrogens with one attached hydrogen (secondary N) is 2. The molecule has 0 fully saturated rings. The molecule has 2 amide bonds. The van der Waals surface area contributed by atoms with Crippen LogP contribution in [0.4, 0.5) is 9.59 Å². The maximum atomic E-state index is 10.8. The molecule has 6 heteroatoms. The van der Waals surface area contributed by atoms with Gasteiger partial charge >= 0.3 is 12.2 Å². The molecule has 0 bridgehead atoms. The predicted molar refractivity (Wildman–Crippen MR) is 54.3 cm³/mol. The third-order valence-electron chi connectivity index (χ3n) is 1.72. The van der Waals surface area contributed by atoms with Crippen molar-refractivity contribution in [3.05, 3.63) is 6.92 Å². The van der Waals surface area contributed by atoms with Crippen molar-refractivity contribution in [2.24, 2.45) is 5.92 Å². The first kappa shape index (κ1) is 13.5. The van der Waals surface area contributed by atoms with Crippen LogP contribution in [-0.4, -0.2) is 39.5 Å². The fraction of sp³-hybridized carbons (Fsp3) is 0.667. The Morgan fingerprint density at radius 1 is 1.13 bits per heavy atom. The van der Waals surface area contributed by atoms with Gasteiger partial charge in [-0.15, -0.1) is 0 Å². The first-order chi connectivity index (χ1) is 7.13. The molecule has 0 spiro atoms. The monoisotopic (exact) mass is 217 g/mol. The Morgan fingerprint density at radius 3 is 1.80 bits per heavy atom. The van der Waals surface area contributed by atoms with Gasteiger partial charge in [-0.3, -0.25) is 0 Å². The third-order valence-corrected chi connectivity index (χ3v) is 1.72. The summed E-state index contributed by atoms with van der Waals surface area (Å²) in [5.41, 5.74) is 0. The molecule has 15 heavy (non-hydrogen) atoms. The topological polar surface area (TPSA) is 76.7 Å². The Labute approximate surface area is 89.3 Å². The van der Waals surface area contributed by atoms with Gasteiger partial charge in [-0.2, -0.15) is 6.42 Å². The number of rotatable bonds is 5.